The highest BCUT2D eigenvalue weighted by molar-refractivity contribution is 5.76. The molecule has 2 aliphatic rings. The van der Waals surface area contributed by atoms with Gasteiger partial charge in [-0.15, -0.1) is 0 Å². The van der Waals surface area contributed by atoms with Gasteiger partial charge >= 0.3 is 0 Å². The van der Waals surface area contributed by atoms with Gasteiger partial charge in [0.25, 0.3) is 0 Å². The monoisotopic (exact) mass is 422 g/mol. The molecule has 0 bridgehead atoms. The number of amides is 1. The summed E-state index contributed by atoms with van der Waals surface area (Å²) in [6.07, 6.45) is 6.54. The first-order valence-corrected chi connectivity index (χ1v) is 11.6. The third-order valence-electron chi connectivity index (χ3n) is 6.44. The van der Waals surface area contributed by atoms with Gasteiger partial charge < -0.3 is 14.4 Å². The fourth-order valence-corrected chi connectivity index (χ4v) is 4.61. The van der Waals surface area contributed by atoms with Crippen LogP contribution in [0.15, 0.2) is 48.5 Å². The van der Waals surface area contributed by atoms with Crippen LogP contribution in [0.25, 0.3) is 0 Å². The first-order valence-electron chi connectivity index (χ1n) is 11.6. The summed E-state index contributed by atoms with van der Waals surface area (Å²) in [4.78, 5) is 17.2. The van der Waals surface area contributed by atoms with Crippen molar-refractivity contribution in [2.24, 2.45) is 0 Å². The number of piperazine rings is 1. The lowest BCUT2D eigenvalue weighted by atomic mass is 10.1. The Bertz CT molecular complexity index is 855. The topological polar surface area (TPSA) is 42.0 Å². The Balaban J connectivity index is 1.22. The van der Waals surface area contributed by atoms with E-state index in [4.69, 9.17) is 9.47 Å². The summed E-state index contributed by atoms with van der Waals surface area (Å²) in [5.74, 6) is 2.13. The second-order valence-corrected chi connectivity index (χ2v) is 8.64. The van der Waals surface area contributed by atoms with E-state index in [2.05, 4.69) is 23.1 Å². The zero-order chi connectivity index (χ0) is 21.5. The molecule has 2 aromatic rings. The SMILES string of the molecule is COc1ccccc1CN1CCN(C(=O)CCc2cccc(OC3CCCC3)c2)CC1. The number of aryl methyl sites for hydroxylation is 1. The predicted octanol–water partition coefficient (Wildman–Crippen LogP) is 4.29. The molecule has 0 aromatic heterocycles. The Kier molecular flexibility index (Phi) is 7.47. The van der Waals surface area contributed by atoms with Gasteiger partial charge in [0.2, 0.25) is 5.91 Å². The van der Waals surface area contributed by atoms with Crippen molar-refractivity contribution in [3.05, 3.63) is 59.7 Å². The summed E-state index contributed by atoms with van der Waals surface area (Å²) in [5.41, 5.74) is 2.38. The van der Waals surface area contributed by atoms with Crippen LogP contribution >= 0.6 is 0 Å². The van der Waals surface area contributed by atoms with E-state index >= 15 is 0 Å². The molecule has 166 valence electrons. The van der Waals surface area contributed by atoms with E-state index in [0.717, 1.165) is 63.5 Å². The summed E-state index contributed by atoms with van der Waals surface area (Å²) < 4.78 is 11.6. The highest BCUT2D eigenvalue weighted by Gasteiger charge is 2.22. The molecule has 1 saturated carbocycles. The van der Waals surface area contributed by atoms with E-state index in [1.165, 1.54) is 24.0 Å². The molecule has 2 aromatic carbocycles. The maximum Gasteiger partial charge on any atom is 0.222 e. The number of hydrogen-bond acceptors (Lipinski definition) is 4. The van der Waals surface area contributed by atoms with Gasteiger partial charge in [0.1, 0.15) is 11.5 Å². The Morgan fingerprint density at radius 2 is 1.77 bits per heavy atom. The van der Waals surface area contributed by atoms with Crippen LogP contribution in [0.4, 0.5) is 0 Å². The van der Waals surface area contributed by atoms with Crippen molar-refractivity contribution in [1.82, 2.24) is 9.80 Å². The van der Waals surface area contributed by atoms with E-state index in [1.807, 2.05) is 35.2 Å². The Labute approximate surface area is 185 Å². The van der Waals surface area contributed by atoms with Gasteiger partial charge in [-0.25, -0.2) is 0 Å². The minimum Gasteiger partial charge on any atom is -0.496 e. The highest BCUT2D eigenvalue weighted by Crippen LogP contribution is 2.25. The molecular weight excluding hydrogens is 388 g/mol. The Morgan fingerprint density at radius 1 is 1.00 bits per heavy atom. The first-order chi connectivity index (χ1) is 15.2. The van der Waals surface area contributed by atoms with Crippen LogP contribution in [0.5, 0.6) is 11.5 Å². The fourth-order valence-electron chi connectivity index (χ4n) is 4.61. The lowest BCUT2D eigenvalue weighted by Gasteiger charge is -2.35. The second kappa shape index (κ2) is 10.7. The molecule has 0 unspecified atom stereocenters. The van der Waals surface area contributed by atoms with Gasteiger partial charge in [-0.05, 0) is 55.9 Å². The number of ether oxygens (including phenoxy) is 2. The normalized spacial score (nSPS) is 17.6. The standard InChI is InChI=1S/C26H34N2O3/c1-30-25-12-5-2-8-22(25)20-27-15-17-28(18-16-27)26(29)14-13-21-7-6-11-24(19-21)31-23-9-3-4-10-23/h2,5-8,11-12,19,23H,3-4,9-10,13-18,20H2,1H3. The molecule has 0 spiro atoms. The molecule has 1 aliphatic carbocycles. The maximum absolute atomic E-state index is 12.8. The molecule has 0 N–H and O–H groups in total. The van der Waals surface area contributed by atoms with Crippen molar-refractivity contribution in [1.29, 1.82) is 0 Å². The fraction of sp³-hybridized carbons (Fsp3) is 0.500. The number of carbonyl (C=O) groups is 1. The largest absolute Gasteiger partial charge is 0.496 e. The van der Waals surface area contributed by atoms with E-state index < -0.39 is 0 Å². The predicted molar refractivity (Wildman–Crippen MR) is 122 cm³/mol. The number of nitrogens with zero attached hydrogens (tertiary/aromatic N) is 2. The van der Waals surface area contributed by atoms with Gasteiger partial charge in [0, 0.05) is 44.7 Å². The summed E-state index contributed by atoms with van der Waals surface area (Å²) in [5, 5.41) is 0. The number of carbonyl (C=O) groups excluding carboxylic acids is 1. The van der Waals surface area contributed by atoms with E-state index in [1.54, 1.807) is 7.11 Å². The molecule has 0 radical (unpaired) electrons. The van der Waals surface area contributed by atoms with Crippen molar-refractivity contribution >= 4 is 5.91 Å². The third-order valence-corrected chi connectivity index (χ3v) is 6.44. The maximum atomic E-state index is 12.8. The summed E-state index contributed by atoms with van der Waals surface area (Å²) in [6, 6.07) is 16.4. The van der Waals surface area contributed by atoms with Crippen molar-refractivity contribution in [3.8, 4) is 11.5 Å². The third kappa shape index (κ3) is 6.01. The molecule has 1 amide bonds. The quantitative estimate of drug-likeness (QED) is 0.636. The smallest absolute Gasteiger partial charge is 0.222 e. The minimum absolute atomic E-state index is 0.249. The van der Waals surface area contributed by atoms with Gasteiger partial charge in [-0.1, -0.05) is 30.3 Å². The van der Waals surface area contributed by atoms with Crippen LogP contribution in [0, 0.1) is 0 Å². The van der Waals surface area contributed by atoms with E-state index in [9.17, 15) is 4.79 Å². The molecular formula is C26H34N2O3. The zero-order valence-electron chi connectivity index (χ0n) is 18.6. The number of benzene rings is 2. The molecule has 1 aliphatic heterocycles. The van der Waals surface area contributed by atoms with Crippen molar-refractivity contribution in [2.75, 3.05) is 33.3 Å². The van der Waals surface area contributed by atoms with Crippen LogP contribution in [0.2, 0.25) is 0 Å². The molecule has 4 rings (SSSR count). The average molecular weight is 423 g/mol. The first kappa shape index (κ1) is 21.7. The second-order valence-electron chi connectivity index (χ2n) is 8.64. The summed E-state index contributed by atoms with van der Waals surface area (Å²) in [6.45, 7) is 4.24. The molecule has 1 heterocycles. The number of hydrogen-bond donors (Lipinski definition) is 0. The van der Waals surface area contributed by atoms with E-state index in [0.29, 0.717) is 12.5 Å². The lowest BCUT2D eigenvalue weighted by Crippen LogP contribution is -2.48. The zero-order valence-corrected chi connectivity index (χ0v) is 18.6. The van der Waals surface area contributed by atoms with Crippen LogP contribution < -0.4 is 9.47 Å². The lowest BCUT2D eigenvalue weighted by molar-refractivity contribution is -0.133. The van der Waals surface area contributed by atoms with Crippen molar-refractivity contribution in [2.45, 2.75) is 51.2 Å². The molecule has 0 atom stereocenters. The molecule has 1 saturated heterocycles. The summed E-state index contributed by atoms with van der Waals surface area (Å²) in [7, 11) is 1.71. The number of para-hydroxylation sites is 1. The molecule has 2 fully saturated rings. The molecule has 5 nitrogen and oxygen atoms in total. The van der Waals surface area contributed by atoms with Gasteiger partial charge in [0.05, 0.1) is 13.2 Å². The van der Waals surface area contributed by atoms with Gasteiger partial charge in [0.15, 0.2) is 0 Å². The average Bonchev–Trinajstić information content (AvgIpc) is 3.32. The van der Waals surface area contributed by atoms with Gasteiger partial charge in [-0.3, -0.25) is 9.69 Å². The van der Waals surface area contributed by atoms with Crippen LogP contribution in [0.1, 0.15) is 43.2 Å². The summed E-state index contributed by atoms with van der Waals surface area (Å²) >= 11 is 0. The van der Waals surface area contributed by atoms with Crippen LogP contribution in [0.3, 0.4) is 0 Å². The van der Waals surface area contributed by atoms with Gasteiger partial charge in [-0.2, -0.15) is 0 Å². The Hall–Kier alpha value is -2.53. The van der Waals surface area contributed by atoms with Crippen LogP contribution in [-0.4, -0.2) is 55.1 Å². The minimum atomic E-state index is 0.249. The van der Waals surface area contributed by atoms with Crippen molar-refractivity contribution < 1.29 is 14.3 Å². The van der Waals surface area contributed by atoms with E-state index in [-0.39, 0.29) is 5.91 Å². The molecule has 31 heavy (non-hydrogen) atoms. The number of methoxy groups -OCH3 is 1. The number of rotatable bonds is 8. The Morgan fingerprint density at radius 3 is 2.55 bits per heavy atom. The van der Waals surface area contributed by atoms with Crippen molar-refractivity contribution in [3.63, 3.8) is 0 Å². The highest BCUT2D eigenvalue weighted by atomic mass is 16.5. The molecule has 5 heteroatoms. The van der Waals surface area contributed by atoms with Crippen LogP contribution in [-0.2, 0) is 17.8 Å².